The molecule has 0 atom stereocenters. The number of hydrogen-bond donors (Lipinski definition) is 0. The monoisotopic (exact) mass is 123 g/mol. The molecule has 0 unspecified atom stereocenters. The van der Waals surface area contributed by atoms with E-state index < -0.39 is 4.33 Å². The van der Waals surface area contributed by atoms with Crippen LogP contribution in [0.1, 0.15) is 12.8 Å². The summed E-state index contributed by atoms with van der Waals surface area (Å²) in [5, 5.41) is 0. The van der Waals surface area contributed by atoms with Crippen molar-refractivity contribution >= 4 is 23.2 Å². The minimum absolute atomic E-state index is 0.458. The number of rotatable bonds is 0. The van der Waals surface area contributed by atoms with E-state index in [1.807, 2.05) is 6.42 Å². The van der Waals surface area contributed by atoms with E-state index >= 15 is 0 Å². The maximum absolute atomic E-state index is 5.51. The van der Waals surface area contributed by atoms with Gasteiger partial charge in [0.25, 0.3) is 0 Å². The first-order chi connectivity index (χ1) is 2.71. The molecule has 6 heavy (non-hydrogen) atoms. The third-order valence-electron chi connectivity index (χ3n) is 0.921. The Kier molecular flexibility index (Phi) is 1.01. The van der Waals surface area contributed by atoms with Crippen LogP contribution in [0.25, 0.3) is 0 Å². The average molecular weight is 124 g/mol. The Hall–Kier alpha value is 0.580. The Labute approximate surface area is 47.4 Å². The van der Waals surface area contributed by atoms with E-state index in [4.69, 9.17) is 23.2 Å². The van der Waals surface area contributed by atoms with Crippen LogP contribution < -0.4 is 0 Å². The molecule has 0 heterocycles. The van der Waals surface area contributed by atoms with Gasteiger partial charge in [-0.1, -0.05) is 0 Å². The highest BCUT2D eigenvalue weighted by Crippen LogP contribution is 2.40. The topological polar surface area (TPSA) is 0 Å². The lowest BCUT2D eigenvalue weighted by atomic mass is 9.99. The highest BCUT2D eigenvalue weighted by molar-refractivity contribution is 6.50. The molecule has 0 aliphatic heterocycles. The first-order valence-corrected chi connectivity index (χ1v) is 2.68. The van der Waals surface area contributed by atoms with Crippen molar-refractivity contribution in [2.24, 2.45) is 0 Å². The molecule has 0 aromatic rings. The Morgan fingerprint density at radius 1 is 1.50 bits per heavy atom. The highest BCUT2D eigenvalue weighted by atomic mass is 35.5. The molecule has 0 saturated heterocycles. The second kappa shape index (κ2) is 1.28. The maximum Gasteiger partial charge on any atom is 0.121 e. The standard InChI is InChI=1S/C4H5Cl2/c5-4(6)2-1-3-4/h2H,1,3H2. The average Bonchev–Trinajstić information content (AvgIpc) is 1.32. The highest BCUT2D eigenvalue weighted by Gasteiger charge is 2.31. The van der Waals surface area contributed by atoms with Crippen LogP contribution in [0.15, 0.2) is 0 Å². The predicted molar refractivity (Wildman–Crippen MR) is 28.0 cm³/mol. The van der Waals surface area contributed by atoms with Crippen molar-refractivity contribution in [3.8, 4) is 0 Å². The SMILES string of the molecule is ClC1(Cl)[CH]CC1. The van der Waals surface area contributed by atoms with E-state index in [9.17, 15) is 0 Å². The van der Waals surface area contributed by atoms with Crippen molar-refractivity contribution < 1.29 is 0 Å². The molecule has 1 aliphatic rings. The molecule has 1 rings (SSSR count). The van der Waals surface area contributed by atoms with Gasteiger partial charge in [-0.05, 0) is 19.3 Å². The molecular formula is C4H5Cl2. The Balaban J connectivity index is 2.31. The van der Waals surface area contributed by atoms with E-state index in [2.05, 4.69) is 0 Å². The fourth-order valence-corrected chi connectivity index (χ4v) is 0.799. The van der Waals surface area contributed by atoms with Crippen LogP contribution in [0.5, 0.6) is 0 Å². The molecule has 1 aliphatic carbocycles. The van der Waals surface area contributed by atoms with Crippen molar-refractivity contribution in [3.05, 3.63) is 6.42 Å². The first-order valence-electron chi connectivity index (χ1n) is 1.93. The molecule has 2 heteroatoms. The Morgan fingerprint density at radius 3 is 1.83 bits per heavy atom. The lowest BCUT2D eigenvalue weighted by Gasteiger charge is -2.27. The van der Waals surface area contributed by atoms with Gasteiger partial charge < -0.3 is 0 Å². The van der Waals surface area contributed by atoms with Crippen LogP contribution in [0.4, 0.5) is 0 Å². The molecule has 1 saturated carbocycles. The Bertz CT molecular complexity index is 52.6. The van der Waals surface area contributed by atoms with Gasteiger partial charge in [-0.15, -0.1) is 23.2 Å². The van der Waals surface area contributed by atoms with E-state index in [0.29, 0.717) is 0 Å². The summed E-state index contributed by atoms with van der Waals surface area (Å²) in [5.41, 5.74) is 0. The van der Waals surface area contributed by atoms with Crippen molar-refractivity contribution in [1.29, 1.82) is 0 Å². The molecule has 0 spiro atoms. The third kappa shape index (κ3) is 0.797. The molecule has 1 radical (unpaired) electrons. The van der Waals surface area contributed by atoms with Crippen molar-refractivity contribution in [2.45, 2.75) is 17.2 Å². The molecule has 0 aromatic carbocycles. The molecule has 0 nitrogen and oxygen atoms in total. The lowest BCUT2D eigenvalue weighted by Crippen LogP contribution is -2.23. The van der Waals surface area contributed by atoms with Gasteiger partial charge >= 0.3 is 0 Å². The maximum atomic E-state index is 5.51. The quantitative estimate of drug-likeness (QED) is 0.434. The normalized spacial score (nSPS) is 29.0. The van der Waals surface area contributed by atoms with Gasteiger partial charge in [-0.25, -0.2) is 0 Å². The summed E-state index contributed by atoms with van der Waals surface area (Å²) in [5.74, 6) is 0. The molecule has 0 N–H and O–H groups in total. The van der Waals surface area contributed by atoms with Crippen LogP contribution in [0.3, 0.4) is 0 Å². The van der Waals surface area contributed by atoms with Gasteiger partial charge in [0.2, 0.25) is 0 Å². The summed E-state index contributed by atoms with van der Waals surface area (Å²) >= 11 is 11.0. The predicted octanol–water partition coefficient (Wildman–Crippen LogP) is 2.16. The van der Waals surface area contributed by atoms with Gasteiger partial charge in [-0.2, -0.15) is 0 Å². The zero-order chi connectivity index (χ0) is 4.62. The second-order valence-electron chi connectivity index (χ2n) is 1.50. The largest absolute Gasteiger partial charge is 0.121 e. The number of halogens is 2. The lowest BCUT2D eigenvalue weighted by molar-refractivity contribution is 0.610. The van der Waals surface area contributed by atoms with E-state index in [1.165, 1.54) is 0 Å². The van der Waals surface area contributed by atoms with Gasteiger partial charge in [0.1, 0.15) is 4.33 Å². The minimum Gasteiger partial charge on any atom is -0.101 e. The third-order valence-corrected chi connectivity index (χ3v) is 1.61. The van der Waals surface area contributed by atoms with Crippen LogP contribution in [0.2, 0.25) is 0 Å². The van der Waals surface area contributed by atoms with E-state index in [-0.39, 0.29) is 0 Å². The van der Waals surface area contributed by atoms with Crippen LogP contribution in [-0.2, 0) is 0 Å². The molecule has 35 valence electrons. The molecule has 0 bridgehead atoms. The van der Waals surface area contributed by atoms with Gasteiger partial charge in [0.05, 0.1) is 0 Å². The zero-order valence-corrected chi connectivity index (χ0v) is 4.76. The number of alkyl halides is 2. The summed E-state index contributed by atoms with van der Waals surface area (Å²) in [6.07, 6.45) is 3.90. The van der Waals surface area contributed by atoms with Crippen LogP contribution >= 0.6 is 23.2 Å². The van der Waals surface area contributed by atoms with Crippen molar-refractivity contribution in [2.75, 3.05) is 0 Å². The molecular weight excluding hydrogens is 119 g/mol. The Morgan fingerprint density at radius 2 is 1.83 bits per heavy atom. The fraction of sp³-hybridized carbons (Fsp3) is 0.750. The minimum atomic E-state index is -0.458. The van der Waals surface area contributed by atoms with E-state index in [1.54, 1.807) is 0 Å². The summed E-state index contributed by atoms with van der Waals surface area (Å²) in [7, 11) is 0. The van der Waals surface area contributed by atoms with Gasteiger partial charge in [0.15, 0.2) is 0 Å². The van der Waals surface area contributed by atoms with Crippen molar-refractivity contribution in [1.82, 2.24) is 0 Å². The van der Waals surface area contributed by atoms with Crippen molar-refractivity contribution in [3.63, 3.8) is 0 Å². The summed E-state index contributed by atoms with van der Waals surface area (Å²) in [6, 6.07) is 0. The van der Waals surface area contributed by atoms with Crippen LogP contribution in [0, 0.1) is 6.42 Å². The first kappa shape index (κ1) is 4.73. The summed E-state index contributed by atoms with van der Waals surface area (Å²) in [4.78, 5) is 0. The summed E-state index contributed by atoms with van der Waals surface area (Å²) < 4.78 is -0.458. The summed E-state index contributed by atoms with van der Waals surface area (Å²) in [6.45, 7) is 0. The van der Waals surface area contributed by atoms with Crippen LogP contribution in [-0.4, -0.2) is 4.33 Å². The fourth-order valence-electron chi connectivity index (χ4n) is 0.363. The molecule has 0 amide bonds. The zero-order valence-electron chi connectivity index (χ0n) is 3.25. The van der Waals surface area contributed by atoms with Gasteiger partial charge in [0, 0.05) is 0 Å². The smallest absolute Gasteiger partial charge is 0.101 e. The van der Waals surface area contributed by atoms with E-state index in [0.717, 1.165) is 12.8 Å². The second-order valence-corrected chi connectivity index (χ2v) is 3.05. The number of hydrogen-bond acceptors (Lipinski definition) is 0. The molecule has 1 fully saturated rings. The van der Waals surface area contributed by atoms with Gasteiger partial charge in [-0.3, -0.25) is 0 Å². The molecule has 0 aromatic heterocycles.